The summed E-state index contributed by atoms with van der Waals surface area (Å²) in [4.78, 5) is 2.22. The van der Waals surface area contributed by atoms with Crippen LogP contribution in [-0.2, 0) is 13.1 Å². The number of benzene rings is 1. The van der Waals surface area contributed by atoms with Crippen molar-refractivity contribution in [1.82, 2.24) is 4.90 Å². The third kappa shape index (κ3) is 3.11. The van der Waals surface area contributed by atoms with E-state index in [1.54, 1.807) is 12.3 Å². The van der Waals surface area contributed by atoms with Crippen molar-refractivity contribution in [1.29, 1.82) is 0 Å². The van der Waals surface area contributed by atoms with Crippen molar-refractivity contribution >= 4 is 0 Å². The van der Waals surface area contributed by atoms with Crippen molar-refractivity contribution in [3.63, 3.8) is 0 Å². The zero-order valence-corrected chi connectivity index (χ0v) is 9.97. The average molecular weight is 231 g/mol. The van der Waals surface area contributed by atoms with Crippen LogP contribution in [0, 0.1) is 0 Å². The predicted molar refractivity (Wildman–Crippen MR) is 66.6 cm³/mol. The zero-order chi connectivity index (χ0) is 12.1. The third-order valence-electron chi connectivity index (χ3n) is 2.79. The van der Waals surface area contributed by atoms with E-state index in [1.807, 2.05) is 30.3 Å². The molecule has 0 aliphatic heterocycles. The van der Waals surface area contributed by atoms with Crippen LogP contribution in [0.4, 0.5) is 0 Å². The van der Waals surface area contributed by atoms with Gasteiger partial charge in [-0.1, -0.05) is 25.1 Å². The smallest absolute Gasteiger partial charge is 0.120 e. The Kier molecular flexibility index (Phi) is 3.83. The van der Waals surface area contributed by atoms with E-state index in [1.165, 1.54) is 0 Å². The van der Waals surface area contributed by atoms with Gasteiger partial charge in [0.2, 0.25) is 0 Å². The van der Waals surface area contributed by atoms with Gasteiger partial charge in [0.05, 0.1) is 12.8 Å². The first-order valence-electron chi connectivity index (χ1n) is 5.81. The van der Waals surface area contributed by atoms with Crippen LogP contribution in [0.2, 0.25) is 0 Å². The van der Waals surface area contributed by atoms with E-state index in [-0.39, 0.29) is 0 Å². The lowest BCUT2D eigenvalue weighted by Crippen LogP contribution is -2.22. The van der Waals surface area contributed by atoms with Gasteiger partial charge in [-0.25, -0.2) is 0 Å². The van der Waals surface area contributed by atoms with E-state index in [9.17, 15) is 5.11 Å². The Labute approximate surface area is 101 Å². The monoisotopic (exact) mass is 231 g/mol. The van der Waals surface area contributed by atoms with E-state index >= 15 is 0 Å². The van der Waals surface area contributed by atoms with Crippen LogP contribution in [0.5, 0.6) is 5.75 Å². The molecule has 0 bridgehead atoms. The van der Waals surface area contributed by atoms with E-state index in [2.05, 4.69) is 11.8 Å². The Bertz CT molecular complexity index is 451. The molecule has 0 saturated heterocycles. The Balaban J connectivity index is 2.03. The van der Waals surface area contributed by atoms with Crippen LogP contribution >= 0.6 is 0 Å². The lowest BCUT2D eigenvalue weighted by Gasteiger charge is -2.19. The first kappa shape index (κ1) is 11.7. The summed E-state index contributed by atoms with van der Waals surface area (Å²) >= 11 is 0. The fourth-order valence-electron chi connectivity index (χ4n) is 1.79. The minimum Gasteiger partial charge on any atom is -0.508 e. The quantitative estimate of drug-likeness (QED) is 0.859. The molecule has 0 spiro atoms. The lowest BCUT2D eigenvalue weighted by atomic mass is 10.2. The van der Waals surface area contributed by atoms with Crippen LogP contribution in [-0.4, -0.2) is 16.6 Å². The zero-order valence-electron chi connectivity index (χ0n) is 9.97. The van der Waals surface area contributed by atoms with Crippen LogP contribution in [0.3, 0.4) is 0 Å². The molecule has 2 aromatic rings. The molecule has 0 fully saturated rings. The summed E-state index contributed by atoms with van der Waals surface area (Å²) in [5.74, 6) is 1.30. The molecule has 3 nitrogen and oxygen atoms in total. The molecule has 0 amide bonds. The van der Waals surface area contributed by atoms with Crippen molar-refractivity contribution in [2.24, 2.45) is 0 Å². The minimum atomic E-state index is 0.352. The Hall–Kier alpha value is -1.74. The second-order valence-corrected chi connectivity index (χ2v) is 4.01. The summed E-state index contributed by atoms with van der Waals surface area (Å²) in [6.45, 7) is 4.50. The molecule has 90 valence electrons. The number of hydrogen-bond donors (Lipinski definition) is 1. The molecule has 0 unspecified atom stereocenters. The fraction of sp³-hybridized carbons (Fsp3) is 0.286. The summed E-state index contributed by atoms with van der Waals surface area (Å²) in [7, 11) is 0. The Morgan fingerprint density at radius 2 is 1.94 bits per heavy atom. The van der Waals surface area contributed by atoms with Gasteiger partial charge in [0, 0.05) is 12.1 Å². The van der Waals surface area contributed by atoms with Gasteiger partial charge in [0.25, 0.3) is 0 Å². The number of para-hydroxylation sites is 1. The van der Waals surface area contributed by atoms with E-state index < -0.39 is 0 Å². The largest absolute Gasteiger partial charge is 0.508 e. The molecule has 17 heavy (non-hydrogen) atoms. The highest BCUT2D eigenvalue weighted by Crippen LogP contribution is 2.18. The minimum absolute atomic E-state index is 0.352. The van der Waals surface area contributed by atoms with Gasteiger partial charge in [-0.2, -0.15) is 0 Å². The Morgan fingerprint density at radius 3 is 2.59 bits per heavy atom. The molecule has 1 N–H and O–H groups in total. The maximum absolute atomic E-state index is 9.73. The number of rotatable bonds is 5. The van der Waals surface area contributed by atoms with Gasteiger partial charge in [-0.15, -0.1) is 0 Å². The number of phenols is 1. The summed E-state index contributed by atoms with van der Waals surface area (Å²) in [5, 5.41) is 9.73. The fourth-order valence-corrected chi connectivity index (χ4v) is 1.79. The van der Waals surface area contributed by atoms with Gasteiger partial charge < -0.3 is 9.52 Å². The highest BCUT2D eigenvalue weighted by atomic mass is 16.3. The van der Waals surface area contributed by atoms with Crippen molar-refractivity contribution in [2.75, 3.05) is 6.54 Å². The van der Waals surface area contributed by atoms with Crippen LogP contribution in [0.1, 0.15) is 18.2 Å². The number of hydrogen-bond acceptors (Lipinski definition) is 3. The second kappa shape index (κ2) is 5.55. The lowest BCUT2D eigenvalue weighted by molar-refractivity contribution is 0.244. The Morgan fingerprint density at radius 1 is 1.12 bits per heavy atom. The first-order chi connectivity index (χ1) is 8.29. The predicted octanol–water partition coefficient (Wildman–Crippen LogP) is 3.01. The molecular formula is C14H17NO2. The van der Waals surface area contributed by atoms with Crippen molar-refractivity contribution < 1.29 is 9.52 Å². The van der Waals surface area contributed by atoms with E-state index in [0.29, 0.717) is 5.75 Å². The summed E-state index contributed by atoms with van der Waals surface area (Å²) in [6, 6.07) is 11.3. The highest BCUT2D eigenvalue weighted by Gasteiger charge is 2.08. The maximum atomic E-state index is 9.73. The number of nitrogens with zero attached hydrogens (tertiary/aromatic N) is 1. The second-order valence-electron chi connectivity index (χ2n) is 4.01. The van der Waals surface area contributed by atoms with Gasteiger partial charge in [-0.3, -0.25) is 4.90 Å². The van der Waals surface area contributed by atoms with E-state index in [0.717, 1.165) is 31.0 Å². The molecule has 0 radical (unpaired) electrons. The highest BCUT2D eigenvalue weighted by molar-refractivity contribution is 5.31. The van der Waals surface area contributed by atoms with Gasteiger partial charge >= 0.3 is 0 Å². The molecule has 1 aromatic heterocycles. The molecule has 0 aliphatic rings. The van der Waals surface area contributed by atoms with Gasteiger partial charge in [0.15, 0.2) is 0 Å². The van der Waals surface area contributed by atoms with Gasteiger partial charge in [0.1, 0.15) is 11.5 Å². The van der Waals surface area contributed by atoms with Crippen LogP contribution in [0.15, 0.2) is 47.1 Å². The summed E-state index contributed by atoms with van der Waals surface area (Å²) in [5.41, 5.74) is 0.945. The molecule has 0 aliphatic carbocycles. The molecule has 3 heteroatoms. The van der Waals surface area contributed by atoms with Crippen molar-refractivity contribution in [3.05, 3.63) is 54.0 Å². The van der Waals surface area contributed by atoms with Crippen LogP contribution < -0.4 is 0 Å². The normalized spacial score (nSPS) is 10.9. The topological polar surface area (TPSA) is 36.6 Å². The van der Waals surface area contributed by atoms with Crippen LogP contribution in [0.25, 0.3) is 0 Å². The molecule has 1 heterocycles. The van der Waals surface area contributed by atoms with Gasteiger partial charge in [-0.05, 0) is 24.7 Å². The van der Waals surface area contributed by atoms with E-state index in [4.69, 9.17) is 4.42 Å². The van der Waals surface area contributed by atoms with Crippen molar-refractivity contribution in [3.8, 4) is 5.75 Å². The molecule has 2 rings (SSSR count). The number of furan rings is 1. The molecule has 0 saturated carbocycles. The average Bonchev–Trinajstić information content (AvgIpc) is 2.84. The summed E-state index contributed by atoms with van der Waals surface area (Å²) < 4.78 is 5.33. The summed E-state index contributed by atoms with van der Waals surface area (Å²) in [6.07, 6.45) is 1.68. The number of phenolic OH excluding ortho intramolecular Hbond substituents is 1. The first-order valence-corrected chi connectivity index (χ1v) is 5.81. The SMILES string of the molecule is CCN(Cc1ccco1)Cc1ccccc1O. The standard InChI is InChI=1S/C14H17NO2/c1-2-15(11-13-7-5-9-17-13)10-12-6-3-4-8-14(12)16/h3-9,16H,2,10-11H2,1H3. The molecule has 0 atom stereocenters. The maximum Gasteiger partial charge on any atom is 0.120 e. The molecular weight excluding hydrogens is 214 g/mol. The number of aromatic hydroxyl groups is 1. The molecule has 1 aromatic carbocycles. The third-order valence-corrected chi connectivity index (χ3v) is 2.79. The van der Waals surface area contributed by atoms with Crippen molar-refractivity contribution in [2.45, 2.75) is 20.0 Å².